The Labute approximate surface area is 270 Å². The highest BCUT2D eigenvalue weighted by molar-refractivity contribution is 7.21. The molecule has 0 radical (unpaired) electrons. The third-order valence-electron chi connectivity index (χ3n) is 7.22. The SMILES string of the molecule is COc1ccc(-c2cc(-c3cc(OC)c(OC)c(OC)c3)no2)cc1OCCOc1cc(-c2nc3ccccc3s2)ccc1OC. The molecule has 46 heavy (non-hydrogen) atoms. The lowest BCUT2D eigenvalue weighted by atomic mass is 10.1. The Kier molecular flexibility index (Phi) is 9.11. The van der Waals surface area contributed by atoms with Crippen LogP contribution in [0.25, 0.3) is 43.4 Å². The molecule has 11 heteroatoms. The minimum atomic E-state index is 0.251. The highest BCUT2D eigenvalue weighted by atomic mass is 32.1. The zero-order chi connectivity index (χ0) is 32.0. The van der Waals surface area contributed by atoms with Gasteiger partial charge in [0.1, 0.15) is 23.9 Å². The summed E-state index contributed by atoms with van der Waals surface area (Å²) in [4.78, 5) is 4.76. The first-order valence-corrected chi connectivity index (χ1v) is 15.1. The maximum atomic E-state index is 6.11. The van der Waals surface area contributed by atoms with Gasteiger partial charge < -0.3 is 37.7 Å². The van der Waals surface area contributed by atoms with Crippen LogP contribution in [0.4, 0.5) is 0 Å². The van der Waals surface area contributed by atoms with Crippen LogP contribution in [-0.4, -0.2) is 58.9 Å². The molecule has 4 aromatic carbocycles. The Balaban J connectivity index is 1.16. The monoisotopic (exact) mass is 640 g/mol. The van der Waals surface area contributed by atoms with Gasteiger partial charge in [-0.3, -0.25) is 0 Å². The van der Waals surface area contributed by atoms with Gasteiger partial charge in [-0.2, -0.15) is 0 Å². The fraction of sp³-hybridized carbons (Fsp3) is 0.200. The predicted octanol–water partition coefficient (Wildman–Crippen LogP) is 7.79. The Hall–Kier alpha value is -5.42. The van der Waals surface area contributed by atoms with Gasteiger partial charge in [-0.15, -0.1) is 11.3 Å². The third-order valence-corrected chi connectivity index (χ3v) is 8.31. The molecule has 0 aliphatic carbocycles. The standard InChI is InChI=1S/C35H32N2O8S/c1-38-26-12-10-21(28-20-25(37-45-28)23-18-31(40-3)34(42-5)32(19-23)41-4)16-29(26)43-14-15-44-30-17-22(11-13-27(30)39-2)35-36-24-8-6-7-9-33(24)46-35/h6-13,16-20H,14-15H2,1-5H3. The summed E-state index contributed by atoms with van der Waals surface area (Å²) < 4.78 is 46.6. The van der Waals surface area contributed by atoms with Gasteiger partial charge in [0.05, 0.1) is 45.8 Å². The van der Waals surface area contributed by atoms with Crippen molar-refractivity contribution in [2.45, 2.75) is 0 Å². The summed E-state index contributed by atoms with van der Waals surface area (Å²) in [5.41, 5.74) is 4.02. The molecular weight excluding hydrogens is 608 g/mol. The zero-order valence-corrected chi connectivity index (χ0v) is 26.8. The number of para-hydroxylation sites is 1. The quantitative estimate of drug-likeness (QED) is 0.116. The van der Waals surface area contributed by atoms with E-state index in [2.05, 4.69) is 11.2 Å². The molecule has 0 fully saturated rings. The minimum absolute atomic E-state index is 0.251. The average Bonchev–Trinajstić information content (AvgIpc) is 3.77. The molecule has 10 nitrogen and oxygen atoms in total. The highest BCUT2D eigenvalue weighted by Crippen LogP contribution is 2.42. The van der Waals surface area contributed by atoms with Crippen molar-refractivity contribution in [3.05, 3.63) is 78.9 Å². The Morgan fingerprint density at radius 3 is 1.78 bits per heavy atom. The van der Waals surface area contributed by atoms with Crippen LogP contribution in [0.1, 0.15) is 0 Å². The van der Waals surface area contributed by atoms with Crippen LogP contribution in [0.2, 0.25) is 0 Å². The summed E-state index contributed by atoms with van der Waals surface area (Å²) >= 11 is 1.63. The van der Waals surface area contributed by atoms with Gasteiger partial charge >= 0.3 is 0 Å². The number of rotatable bonds is 13. The van der Waals surface area contributed by atoms with E-state index in [1.165, 1.54) is 0 Å². The molecule has 0 aliphatic heterocycles. The first-order chi connectivity index (χ1) is 22.5. The molecule has 6 aromatic rings. The van der Waals surface area contributed by atoms with Gasteiger partial charge in [0.15, 0.2) is 40.3 Å². The van der Waals surface area contributed by atoms with E-state index < -0.39 is 0 Å². The first-order valence-electron chi connectivity index (χ1n) is 14.3. The smallest absolute Gasteiger partial charge is 0.203 e. The summed E-state index contributed by atoms with van der Waals surface area (Å²) in [6.07, 6.45) is 0. The van der Waals surface area contributed by atoms with Crippen LogP contribution in [0.3, 0.4) is 0 Å². The molecule has 0 N–H and O–H groups in total. The summed E-state index contributed by atoms with van der Waals surface area (Å²) in [5, 5.41) is 5.18. The molecule has 0 atom stereocenters. The lowest BCUT2D eigenvalue weighted by Crippen LogP contribution is -2.10. The Morgan fingerprint density at radius 2 is 1.17 bits per heavy atom. The lowest BCUT2D eigenvalue weighted by Gasteiger charge is -2.14. The molecule has 0 saturated heterocycles. The van der Waals surface area contributed by atoms with Crippen molar-refractivity contribution in [2.24, 2.45) is 0 Å². The second-order valence-electron chi connectivity index (χ2n) is 9.91. The number of aromatic nitrogens is 2. The van der Waals surface area contributed by atoms with E-state index in [1.807, 2.05) is 72.8 Å². The van der Waals surface area contributed by atoms with E-state index >= 15 is 0 Å². The fourth-order valence-electron chi connectivity index (χ4n) is 4.94. The van der Waals surface area contributed by atoms with E-state index in [1.54, 1.807) is 46.9 Å². The number of hydrogen-bond acceptors (Lipinski definition) is 11. The normalized spacial score (nSPS) is 10.9. The molecule has 0 saturated carbocycles. The summed E-state index contributed by atoms with van der Waals surface area (Å²) in [6, 6.07) is 24.9. The van der Waals surface area contributed by atoms with Gasteiger partial charge in [-0.05, 0) is 60.7 Å². The average molecular weight is 641 g/mol. The molecule has 2 heterocycles. The van der Waals surface area contributed by atoms with Gasteiger partial charge in [0.25, 0.3) is 0 Å². The molecular formula is C35H32N2O8S. The van der Waals surface area contributed by atoms with Crippen molar-refractivity contribution < 1.29 is 37.7 Å². The maximum Gasteiger partial charge on any atom is 0.203 e. The molecule has 6 rings (SSSR count). The van der Waals surface area contributed by atoms with Crippen LogP contribution in [0.15, 0.2) is 83.4 Å². The zero-order valence-electron chi connectivity index (χ0n) is 26.0. The third kappa shape index (κ3) is 6.22. The van der Waals surface area contributed by atoms with Crippen LogP contribution in [-0.2, 0) is 0 Å². The van der Waals surface area contributed by atoms with Crippen molar-refractivity contribution in [2.75, 3.05) is 48.8 Å². The predicted molar refractivity (Wildman–Crippen MR) is 176 cm³/mol. The van der Waals surface area contributed by atoms with Crippen molar-refractivity contribution in [1.29, 1.82) is 0 Å². The lowest BCUT2D eigenvalue weighted by molar-refractivity contribution is 0.206. The van der Waals surface area contributed by atoms with Gasteiger partial charge in [0, 0.05) is 22.8 Å². The number of thiazole rings is 1. The Bertz CT molecular complexity index is 1910. The largest absolute Gasteiger partial charge is 0.493 e. The number of ether oxygens (including phenoxy) is 7. The Morgan fingerprint density at radius 1 is 0.587 bits per heavy atom. The summed E-state index contributed by atoms with van der Waals surface area (Å²) in [5.74, 6) is 4.41. The second-order valence-corrected chi connectivity index (χ2v) is 10.9. The van der Waals surface area contributed by atoms with E-state index in [0.717, 1.165) is 31.9 Å². The molecule has 0 unspecified atom stereocenters. The van der Waals surface area contributed by atoms with Gasteiger partial charge in [0.2, 0.25) is 5.75 Å². The minimum Gasteiger partial charge on any atom is -0.493 e. The maximum absolute atomic E-state index is 6.11. The van der Waals surface area contributed by atoms with Crippen molar-refractivity contribution in [3.63, 3.8) is 0 Å². The number of benzene rings is 4. The molecule has 0 spiro atoms. The molecule has 236 valence electrons. The summed E-state index contributed by atoms with van der Waals surface area (Å²) in [6.45, 7) is 0.516. The van der Waals surface area contributed by atoms with Crippen molar-refractivity contribution >= 4 is 21.6 Å². The fourth-order valence-corrected chi connectivity index (χ4v) is 5.90. The first kappa shape index (κ1) is 30.6. The summed E-state index contributed by atoms with van der Waals surface area (Å²) in [7, 11) is 7.90. The van der Waals surface area contributed by atoms with E-state index in [4.69, 9.17) is 42.7 Å². The van der Waals surface area contributed by atoms with Crippen molar-refractivity contribution in [1.82, 2.24) is 10.1 Å². The van der Waals surface area contributed by atoms with Crippen LogP contribution in [0, 0.1) is 0 Å². The number of hydrogen-bond donors (Lipinski definition) is 0. The molecule has 2 aromatic heterocycles. The number of fused-ring (bicyclic) bond motifs is 1. The molecule has 0 bridgehead atoms. The molecule has 0 aliphatic rings. The van der Waals surface area contributed by atoms with Crippen molar-refractivity contribution in [3.8, 4) is 73.4 Å². The number of methoxy groups -OCH3 is 5. The topological polar surface area (TPSA) is 104 Å². The van der Waals surface area contributed by atoms with Crippen LogP contribution < -0.4 is 33.2 Å². The second kappa shape index (κ2) is 13.7. The number of nitrogens with zero attached hydrogens (tertiary/aromatic N) is 2. The highest BCUT2D eigenvalue weighted by Gasteiger charge is 2.18. The van der Waals surface area contributed by atoms with Crippen LogP contribution >= 0.6 is 11.3 Å². The van der Waals surface area contributed by atoms with E-state index in [9.17, 15) is 0 Å². The van der Waals surface area contributed by atoms with E-state index in [-0.39, 0.29) is 13.2 Å². The molecule has 0 amide bonds. The van der Waals surface area contributed by atoms with Gasteiger partial charge in [-0.1, -0.05) is 17.3 Å². The van der Waals surface area contributed by atoms with Gasteiger partial charge in [-0.25, -0.2) is 4.98 Å². The van der Waals surface area contributed by atoms with E-state index in [0.29, 0.717) is 51.7 Å². The van der Waals surface area contributed by atoms with Crippen LogP contribution in [0.5, 0.6) is 40.2 Å².